The average molecular weight is 416 g/mol. The number of benzene rings is 1. The van der Waals surface area contributed by atoms with Crippen LogP contribution in [0.3, 0.4) is 0 Å². The number of ketones is 1. The van der Waals surface area contributed by atoms with Gasteiger partial charge in [-0.1, -0.05) is 18.2 Å². The van der Waals surface area contributed by atoms with Crippen molar-refractivity contribution in [2.45, 2.75) is 38.3 Å². The number of halogens is 3. The highest BCUT2D eigenvalue weighted by molar-refractivity contribution is 6.18. The highest BCUT2D eigenvalue weighted by atomic mass is 19.4. The predicted molar refractivity (Wildman–Crippen MR) is 94.9 cm³/mol. The second-order valence-corrected chi connectivity index (χ2v) is 6.57. The monoisotopic (exact) mass is 416 g/mol. The largest absolute Gasteiger partial charge is 0.465 e. The standard InChI is InChI=1S/C20H23F3O6/c1-3-28-17(25)15(18(26)29-4-2)16(24)19(8-10-27-11-9-19)13-6-5-7-14(12-13)20(21,22)23/h5-7,12,15H,3-4,8-11H2,1-2H3. The normalized spacial score (nSPS) is 16.3. The summed E-state index contributed by atoms with van der Waals surface area (Å²) in [6.45, 7) is 3.09. The highest BCUT2D eigenvalue weighted by Gasteiger charge is 2.51. The summed E-state index contributed by atoms with van der Waals surface area (Å²) in [4.78, 5) is 38.3. The second-order valence-electron chi connectivity index (χ2n) is 6.57. The molecule has 1 aliphatic heterocycles. The molecule has 1 heterocycles. The van der Waals surface area contributed by atoms with Crippen LogP contribution in [-0.4, -0.2) is 44.1 Å². The molecule has 1 aromatic rings. The Morgan fingerprint density at radius 3 is 2.10 bits per heavy atom. The zero-order chi connectivity index (χ0) is 21.7. The van der Waals surface area contributed by atoms with Crippen molar-refractivity contribution in [3.63, 3.8) is 0 Å². The first-order valence-corrected chi connectivity index (χ1v) is 9.30. The minimum Gasteiger partial charge on any atom is -0.465 e. The molecule has 0 aliphatic carbocycles. The Labute approximate surface area is 166 Å². The summed E-state index contributed by atoms with van der Waals surface area (Å²) in [7, 11) is 0. The lowest BCUT2D eigenvalue weighted by Gasteiger charge is -2.38. The van der Waals surface area contributed by atoms with E-state index in [9.17, 15) is 27.6 Å². The van der Waals surface area contributed by atoms with Crippen LogP contribution in [0.1, 0.15) is 37.8 Å². The number of carbonyl (C=O) groups excluding carboxylic acids is 3. The number of rotatable bonds is 7. The van der Waals surface area contributed by atoms with Crippen LogP contribution in [0.15, 0.2) is 24.3 Å². The molecule has 1 saturated heterocycles. The van der Waals surface area contributed by atoms with E-state index in [2.05, 4.69) is 0 Å². The van der Waals surface area contributed by atoms with E-state index in [0.717, 1.165) is 12.1 Å². The lowest BCUT2D eigenvalue weighted by molar-refractivity contribution is -0.166. The van der Waals surface area contributed by atoms with Gasteiger partial charge in [-0.25, -0.2) is 0 Å². The zero-order valence-corrected chi connectivity index (χ0v) is 16.2. The van der Waals surface area contributed by atoms with Crippen LogP contribution in [0.4, 0.5) is 13.2 Å². The number of hydrogen-bond acceptors (Lipinski definition) is 6. The Hall–Kier alpha value is -2.42. The van der Waals surface area contributed by atoms with E-state index in [1.165, 1.54) is 26.0 Å². The van der Waals surface area contributed by atoms with Gasteiger partial charge in [0.15, 0.2) is 5.78 Å². The molecule has 0 aromatic heterocycles. The third-order valence-electron chi connectivity index (χ3n) is 4.87. The van der Waals surface area contributed by atoms with Crippen LogP contribution in [0, 0.1) is 5.92 Å². The van der Waals surface area contributed by atoms with Gasteiger partial charge in [0, 0.05) is 13.2 Å². The molecule has 1 aliphatic rings. The van der Waals surface area contributed by atoms with Gasteiger partial charge in [0.05, 0.1) is 24.2 Å². The SMILES string of the molecule is CCOC(=O)C(C(=O)OCC)C(=O)C1(c2cccc(C(F)(F)F)c2)CCOCC1. The number of hydrogen-bond donors (Lipinski definition) is 0. The predicted octanol–water partition coefficient (Wildman–Crippen LogP) is 3.07. The highest BCUT2D eigenvalue weighted by Crippen LogP contribution is 2.40. The molecule has 0 spiro atoms. The summed E-state index contributed by atoms with van der Waals surface area (Å²) < 4.78 is 54.7. The molecule has 0 atom stereocenters. The summed E-state index contributed by atoms with van der Waals surface area (Å²) in [6.07, 6.45) is -4.54. The fourth-order valence-electron chi connectivity index (χ4n) is 3.43. The summed E-state index contributed by atoms with van der Waals surface area (Å²) in [6, 6.07) is 4.38. The molecule has 1 aromatic carbocycles. The maximum Gasteiger partial charge on any atom is 0.416 e. The van der Waals surface area contributed by atoms with Gasteiger partial charge in [0.25, 0.3) is 0 Å². The first-order valence-electron chi connectivity index (χ1n) is 9.30. The van der Waals surface area contributed by atoms with Gasteiger partial charge in [0.2, 0.25) is 5.92 Å². The molecule has 1 fully saturated rings. The summed E-state index contributed by atoms with van der Waals surface area (Å²) in [5, 5.41) is 0. The number of ether oxygens (including phenoxy) is 3. The molecule has 0 unspecified atom stereocenters. The van der Waals surface area contributed by atoms with Crippen molar-refractivity contribution in [2.24, 2.45) is 5.92 Å². The first-order chi connectivity index (χ1) is 13.7. The fourth-order valence-corrected chi connectivity index (χ4v) is 3.43. The van der Waals surface area contributed by atoms with Crippen molar-refractivity contribution >= 4 is 17.7 Å². The quantitative estimate of drug-likeness (QED) is 0.502. The maximum atomic E-state index is 13.5. The summed E-state index contributed by atoms with van der Waals surface area (Å²) in [5.41, 5.74) is -2.33. The Kier molecular flexibility index (Phi) is 7.40. The molecule has 0 bridgehead atoms. The third-order valence-corrected chi connectivity index (χ3v) is 4.87. The Morgan fingerprint density at radius 1 is 1.07 bits per heavy atom. The van der Waals surface area contributed by atoms with E-state index in [4.69, 9.17) is 14.2 Å². The lowest BCUT2D eigenvalue weighted by atomic mass is 9.67. The molecule has 29 heavy (non-hydrogen) atoms. The molecule has 9 heteroatoms. The lowest BCUT2D eigenvalue weighted by Crippen LogP contribution is -2.49. The number of alkyl halides is 3. The van der Waals surface area contributed by atoms with Crippen LogP contribution in [0.5, 0.6) is 0 Å². The van der Waals surface area contributed by atoms with Crippen LogP contribution >= 0.6 is 0 Å². The van der Waals surface area contributed by atoms with Crippen molar-refractivity contribution in [1.82, 2.24) is 0 Å². The summed E-state index contributed by atoms with van der Waals surface area (Å²) in [5.74, 6) is -4.86. The van der Waals surface area contributed by atoms with Crippen molar-refractivity contribution in [2.75, 3.05) is 26.4 Å². The average Bonchev–Trinajstić information content (AvgIpc) is 2.68. The van der Waals surface area contributed by atoms with E-state index < -0.39 is 40.8 Å². The third kappa shape index (κ3) is 4.95. The van der Waals surface area contributed by atoms with Gasteiger partial charge in [-0.15, -0.1) is 0 Å². The summed E-state index contributed by atoms with van der Waals surface area (Å²) >= 11 is 0. The molecule has 6 nitrogen and oxygen atoms in total. The van der Waals surface area contributed by atoms with Gasteiger partial charge in [-0.3, -0.25) is 14.4 Å². The number of esters is 2. The molecule has 0 radical (unpaired) electrons. The van der Waals surface area contributed by atoms with Crippen molar-refractivity contribution < 1.29 is 41.8 Å². The molecular weight excluding hydrogens is 393 g/mol. The molecule has 2 rings (SSSR count). The zero-order valence-electron chi connectivity index (χ0n) is 16.2. The number of Topliss-reactive ketones (excluding diaryl/α,β-unsaturated/α-hetero) is 1. The molecule has 0 N–H and O–H groups in total. The Morgan fingerprint density at radius 2 is 1.62 bits per heavy atom. The van der Waals surface area contributed by atoms with Crippen molar-refractivity contribution in [3.8, 4) is 0 Å². The van der Waals surface area contributed by atoms with Crippen LogP contribution in [-0.2, 0) is 40.2 Å². The van der Waals surface area contributed by atoms with Gasteiger partial charge < -0.3 is 14.2 Å². The van der Waals surface area contributed by atoms with E-state index in [-0.39, 0.29) is 44.8 Å². The molecule has 0 amide bonds. The minimum atomic E-state index is -4.60. The van der Waals surface area contributed by atoms with Gasteiger partial charge in [0.1, 0.15) is 0 Å². The maximum absolute atomic E-state index is 13.5. The topological polar surface area (TPSA) is 78.9 Å². The van der Waals surface area contributed by atoms with Crippen LogP contribution < -0.4 is 0 Å². The number of carbonyl (C=O) groups is 3. The molecule has 160 valence electrons. The van der Waals surface area contributed by atoms with E-state index >= 15 is 0 Å². The van der Waals surface area contributed by atoms with Crippen molar-refractivity contribution in [1.29, 1.82) is 0 Å². The van der Waals surface area contributed by atoms with Crippen LogP contribution in [0.2, 0.25) is 0 Å². The minimum absolute atomic E-state index is 0.0302. The van der Waals surface area contributed by atoms with Gasteiger partial charge >= 0.3 is 18.1 Å². The van der Waals surface area contributed by atoms with Crippen molar-refractivity contribution in [3.05, 3.63) is 35.4 Å². The van der Waals surface area contributed by atoms with Gasteiger partial charge in [-0.05, 0) is 38.3 Å². The Bertz CT molecular complexity index is 735. The smallest absolute Gasteiger partial charge is 0.416 e. The van der Waals surface area contributed by atoms with Gasteiger partial charge in [-0.2, -0.15) is 13.2 Å². The molecular formula is C20H23F3O6. The van der Waals surface area contributed by atoms with Crippen LogP contribution in [0.25, 0.3) is 0 Å². The first kappa shape index (κ1) is 22.9. The van der Waals surface area contributed by atoms with E-state index in [0.29, 0.717) is 0 Å². The second kappa shape index (κ2) is 9.39. The van der Waals surface area contributed by atoms with E-state index in [1.807, 2.05) is 0 Å². The van der Waals surface area contributed by atoms with E-state index in [1.54, 1.807) is 0 Å². The molecule has 0 saturated carbocycles. The fraction of sp³-hybridized carbons (Fsp3) is 0.550. The Balaban J connectivity index is 2.56.